The number of carbonyl (C=O) groups is 1. The summed E-state index contributed by atoms with van der Waals surface area (Å²) in [6, 6.07) is 5.37. The molecule has 0 fully saturated rings. The summed E-state index contributed by atoms with van der Waals surface area (Å²) in [4.78, 5) is 11.2. The SMILES string of the molecule is COC(=O)c1ccc2c(c1)CC=NN2. The molecule has 0 aromatic heterocycles. The number of anilines is 1. The molecule has 72 valence electrons. The van der Waals surface area contributed by atoms with Crippen molar-refractivity contribution in [2.45, 2.75) is 6.42 Å². The second-order valence-corrected chi connectivity index (χ2v) is 2.99. The van der Waals surface area contributed by atoms with E-state index in [1.54, 1.807) is 12.3 Å². The maximum atomic E-state index is 11.2. The molecule has 1 heterocycles. The molecule has 0 spiro atoms. The summed E-state index contributed by atoms with van der Waals surface area (Å²) in [5.74, 6) is -0.310. The summed E-state index contributed by atoms with van der Waals surface area (Å²) in [6.45, 7) is 0. The number of hydrazone groups is 1. The highest BCUT2D eigenvalue weighted by molar-refractivity contribution is 5.90. The van der Waals surface area contributed by atoms with Gasteiger partial charge >= 0.3 is 5.97 Å². The Morgan fingerprint density at radius 2 is 2.43 bits per heavy atom. The van der Waals surface area contributed by atoms with Crippen LogP contribution in [0.1, 0.15) is 15.9 Å². The summed E-state index contributed by atoms with van der Waals surface area (Å²) < 4.78 is 4.63. The van der Waals surface area contributed by atoms with Gasteiger partial charge in [-0.05, 0) is 23.8 Å². The summed E-state index contributed by atoms with van der Waals surface area (Å²) in [5.41, 5.74) is 5.44. The molecule has 1 aromatic rings. The normalized spacial score (nSPS) is 12.9. The average Bonchev–Trinajstić information content (AvgIpc) is 2.27. The summed E-state index contributed by atoms with van der Waals surface area (Å²) in [5, 5.41) is 3.92. The number of nitrogens with one attached hydrogen (secondary N) is 1. The van der Waals surface area contributed by atoms with Crippen LogP contribution in [0.3, 0.4) is 0 Å². The van der Waals surface area contributed by atoms with Crippen molar-refractivity contribution in [2.75, 3.05) is 12.5 Å². The van der Waals surface area contributed by atoms with Crippen LogP contribution in [-0.4, -0.2) is 19.3 Å². The molecule has 4 nitrogen and oxygen atoms in total. The second kappa shape index (κ2) is 3.49. The summed E-state index contributed by atoms with van der Waals surface area (Å²) >= 11 is 0. The van der Waals surface area contributed by atoms with Crippen LogP contribution >= 0.6 is 0 Å². The first-order valence-electron chi connectivity index (χ1n) is 4.30. The number of rotatable bonds is 1. The number of carbonyl (C=O) groups excluding carboxylic acids is 1. The Hall–Kier alpha value is -1.84. The largest absolute Gasteiger partial charge is 0.465 e. The predicted molar refractivity (Wildman–Crippen MR) is 53.6 cm³/mol. The predicted octanol–water partition coefficient (Wildman–Crippen LogP) is 1.43. The Kier molecular flexibility index (Phi) is 2.18. The van der Waals surface area contributed by atoms with Crippen LogP contribution in [0.5, 0.6) is 0 Å². The zero-order valence-corrected chi connectivity index (χ0v) is 7.78. The smallest absolute Gasteiger partial charge is 0.337 e. The van der Waals surface area contributed by atoms with Gasteiger partial charge in [-0.25, -0.2) is 4.79 Å². The van der Waals surface area contributed by atoms with Crippen LogP contribution < -0.4 is 5.43 Å². The van der Waals surface area contributed by atoms with Crippen LogP contribution in [0.15, 0.2) is 23.3 Å². The first-order chi connectivity index (χ1) is 6.81. The average molecular weight is 190 g/mol. The Labute approximate surface area is 81.6 Å². The molecule has 14 heavy (non-hydrogen) atoms. The van der Waals surface area contributed by atoms with Crippen molar-refractivity contribution in [3.8, 4) is 0 Å². The second-order valence-electron chi connectivity index (χ2n) is 2.99. The van der Waals surface area contributed by atoms with Crippen LogP contribution in [0.25, 0.3) is 0 Å². The van der Waals surface area contributed by atoms with E-state index in [9.17, 15) is 4.79 Å². The highest BCUT2D eigenvalue weighted by Crippen LogP contribution is 2.20. The van der Waals surface area contributed by atoms with Gasteiger partial charge in [0.1, 0.15) is 0 Å². The lowest BCUT2D eigenvalue weighted by atomic mass is 10.1. The molecule has 1 N–H and O–H groups in total. The molecular formula is C10H10N2O2. The van der Waals surface area contributed by atoms with E-state index in [4.69, 9.17) is 0 Å². The molecule has 0 aliphatic carbocycles. The van der Waals surface area contributed by atoms with Crippen molar-refractivity contribution < 1.29 is 9.53 Å². The van der Waals surface area contributed by atoms with Crippen molar-refractivity contribution in [2.24, 2.45) is 5.10 Å². The van der Waals surface area contributed by atoms with Gasteiger partial charge in [-0.3, -0.25) is 5.43 Å². The Bertz CT molecular complexity index is 399. The van der Waals surface area contributed by atoms with E-state index in [1.807, 2.05) is 12.1 Å². The van der Waals surface area contributed by atoms with Gasteiger partial charge in [0.25, 0.3) is 0 Å². The number of hydrogen-bond donors (Lipinski definition) is 1. The molecule has 1 aliphatic rings. The molecule has 1 aliphatic heterocycles. The third-order valence-corrected chi connectivity index (χ3v) is 2.11. The van der Waals surface area contributed by atoms with Crippen LogP contribution in [0.4, 0.5) is 5.69 Å². The molecule has 0 saturated carbocycles. The zero-order chi connectivity index (χ0) is 9.97. The fraction of sp³-hybridized carbons (Fsp3) is 0.200. The molecule has 0 saturated heterocycles. The minimum atomic E-state index is -0.310. The molecule has 1 aromatic carbocycles. The third kappa shape index (κ3) is 1.46. The first-order valence-corrected chi connectivity index (χ1v) is 4.30. The number of esters is 1. The van der Waals surface area contributed by atoms with Gasteiger partial charge in [0.05, 0.1) is 18.4 Å². The molecule has 0 unspecified atom stereocenters. The van der Waals surface area contributed by atoms with Crippen molar-refractivity contribution in [3.05, 3.63) is 29.3 Å². The minimum Gasteiger partial charge on any atom is -0.465 e. The monoisotopic (exact) mass is 190 g/mol. The lowest BCUT2D eigenvalue weighted by Crippen LogP contribution is -2.07. The summed E-state index contributed by atoms with van der Waals surface area (Å²) in [6.07, 6.45) is 2.51. The minimum absolute atomic E-state index is 0.310. The van der Waals surface area contributed by atoms with E-state index in [1.165, 1.54) is 7.11 Å². The number of hydrogen-bond acceptors (Lipinski definition) is 4. The molecule has 0 bridgehead atoms. The number of methoxy groups -OCH3 is 1. The van der Waals surface area contributed by atoms with Crippen molar-refractivity contribution in [1.29, 1.82) is 0 Å². The van der Waals surface area contributed by atoms with E-state index < -0.39 is 0 Å². The van der Waals surface area contributed by atoms with E-state index in [2.05, 4.69) is 15.3 Å². The lowest BCUT2D eigenvalue weighted by Gasteiger charge is -2.12. The van der Waals surface area contributed by atoms with Crippen LogP contribution in [0.2, 0.25) is 0 Å². The van der Waals surface area contributed by atoms with E-state index >= 15 is 0 Å². The fourth-order valence-corrected chi connectivity index (χ4v) is 1.38. The van der Waals surface area contributed by atoms with E-state index in [0.717, 1.165) is 17.7 Å². The quantitative estimate of drug-likeness (QED) is 0.681. The number of fused-ring (bicyclic) bond motifs is 1. The molecule has 2 rings (SSSR count). The van der Waals surface area contributed by atoms with E-state index in [0.29, 0.717) is 5.56 Å². The number of nitrogens with zero attached hydrogens (tertiary/aromatic N) is 1. The van der Waals surface area contributed by atoms with Gasteiger partial charge in [-0.15, -0.1) is 0 Å². The van der Waals surface area contributed by atoms with Gasteiger partial charge in [0, 0.05) is 12.6 Å². The maximum absolute atomic E-state index is 11.2. The summed E-state index contributed by atoms with van der Waals surface area (Å²) in [7, 11) is 1.38. The standard InChI is InChI=1S/C10H10N2O2/c1-14-10(13)8-2-3-9-7(6-8)4-5-11-12-9/h2-3,5-6,12H,4H2,1H3. The van der Waals surface area contributed by atoms with Crippen molar-refractivity contribution in [3.63, 3.8) is 0 Å². The Morgan fingerprint density at radius 1 is 1.57 bits per heavy atom. The topological polar surface area (TPSA) is 50.7 Å². The van der Waals surface area contributed by atoms with Gasteiger partial charge in [0.2, 0.25) is 0 Å². The van der Waals surface area contributed by atoms with Gasteiger partial charge in [0.15, 0.2) is 0 Å². The molecule has 0 radical (unpaired) electrons. The molecule has 4 heteroatoms. The van der Waals surface area contributed by atoms with Crippen molar-refractivity contribution in [1.82, 2.24) is 0 Å². The van der Waals surface area contributed by atoms with E-state index in [-0.39, 0.29) is 5.97 Å². The molecule has 0 amide bonds. The lowest BCUT2D eigenvalue weighted by molar-refractivity contribution is 0.0600. The number of ether oxygens (including phenoxy) is 1. The van der Waals surface area contributed by atoms with Crippen LogP contribution in [-0.2, 0) is 11.2 Å². The highest BCUT2D eigenvalue weighted by Gasteiger charge is 2.10. The van der Waals surface area contributed by atoms with Crippen molar-refractivity contribution >= 4 is 17.9 Å². The van der Waals surface area contributed by atoms with Gasteiger partial charge in [-0.2, -0.15) is 5.10 Å². The van der Waals surface area contributed by atoms with Gasteiger partial charge < -0.3 is 4.74 Å². The third-order valence-electron chi connectivity index (χ3n) is 2.11. The molecular weight excluding hydrogens is 180 g/mol. The Balaban J connectivity index is 2.36. The Morgan fingerprint density at radius 3 is 3.21 bits per heavy atom. The van der Waals surface area contributed by atoms with Crippen LogP contribution in [0, 0.1) is 0 Å². The first kappa shape index (κ1) is 8.74. The molecule has 0 atom stereocenters. The number of benzene rings is 1. The zero-order valence-electron chi connectivity index (χ0n) is 7.78. The fourth-order valence-electron chi connectivity index (χ4n) is 1.38. The highest BCUT2D eigenvalue weighted by atomic mass is 16.5. The maximum Gasteiger partial charge on any atom is 0.337 e. The van der Waals surface area contributed by atoms with Gasteiger partial charge in [-0.1, -0.05) is 0 Å².